The lowest BCUT2D eigenvalue weighted by atomic mass is 9.92. The first-order valence-corrected chi connectivity index (χ1v) is 30.5. The maximum Gasteiger partial charge on any atom is 0.252 e. The van der Waals surface area contributed by atoms with E-state index in [0.717, 1.165) is 16.7 Å². The van der Waals surface area contributed by atoms with Crippen LogP contribution in [0.25, 0.3) is 0 Å². The molecule has 19 nitrogen and oxygen atoms in total. The summed E-state index contributed by atoms with van der Waals surface area (Å²) in [7, 11) is 0. The number of fused-ring (bicyclic) bond motifs is 2. The summed E-state index contributed by atoms with van der Waals surface area (Å²) in [5.74, 6) is -5.10. The van der Waals surface area contributed by atoms with E-state index >= 15 is 4.79 Å². The molecule has 19 heteroatoms. The van der Waals surface area contributed by atoms with Gasteiger partial charge in [0.05, 0.1) is 17.4 Å². The van der Waals surface area contributed by atoms with E-state index in [4.69, 9.17) is 16.5 Å². The lowest BCUT2D eigenvalue weighted by Gasteiger charge is -2.32. The molecule has 456 valence electrons. The van der Waals surface area contributed by atoms with E-state index in [1.807, 2.05) is 137 Å². The van der Waals surface area contributed by atoms with Crippen LogP contribution in [0.15, 0.2) is 114 Å². The Morgan fingerprint density at radius 2 is 1.07 bits per heavy atom. The SMILES string of the molecule is CC(C)C[C@H]1NC(=O)[C@@H](CCCCN)NC(=O)CN2C(=O)[C@H](Cc3ccccc3)N=C(c3ccccc3)c3ccc(cc32)[C@@H](CC(C)C)NC(=O)[C@@H](CCCCN)NC(=O)[C@H](C(C)C)NC(=O)[C@@H]2CCCN2C(=O)[C@H](Cc2ccccc2)NC1=O. The molecule has 0 aromatic heterocycles. The predicted molar refractivity (Wildman–Crippen MR) is 330 cm³/mol. The van der Waals surface area contributed by atoms with Crippen LogP contribution < -0.4 is 48.3 Å². The first kappa shape index (κ1) is 64.8. The van der Waals surface area contributed by atoms with Gasteiger partial charge in [-0.05, 0) is 118 Å². The fourth-order valence-electron chi connectivity index (χ4n) is 11.5. The molecule has 1 saturated heterocycles. The standard InChI is InChI=1S/C66H89N11O8/c1-41(2)35-51-47-30-31-48-56(39-47)77(66(85)53(37-44-21-10-7-11-22-44)70-59(48)46-25-14-9-15-26-46)40-57(78)69-49(27-16-18-32-67)60(79)73-52(36-42(3)4)62(81)74-54(38-45-23-12-8-13-24-45)65(84)76-34-20-29-55(76)63(82)75-58(43(5)6)64(83)71-50(61(80)72-51)28-17-19-33-68/h7-15,21-26,30-31,39,41-43,49-55,58H,16-20,27-29,32-38,40,67-68H2,1-6H3,(H,69,78)(H,71,83)(H,72,80)(H,73,79)(H,74,81)(H,75,82)/t49-,50-,51-,52-,53+,54+,55+,58+/m1/s1. The minimum Gasteiger partial charge on any atom is -0.348 e. The molecule has 0 aliphatic carbocycles. The van der Waals surface area contributed by atoms with Crippen molar-refractivity contribution in [3.8, 4) is 0 Å². The number of nitrogens with zero attached hydrogens (tertiary/aromatic N) is 3. The van der Waals surface area contributed by atoms with Crippen LogP contribution in [0.4, 0.5) is 5.69 Å². The number of unbranched alkanes of at least 4 members (excludes halogenated alkanes) is 2. The van der Waals surface area contributed by atoms with Gasteiger partial charge in [-0.3, -0.25) is 43.3 Å². The van der Waals surface area contributed by atoms with Crippen LogP contribution in [0.3, 0.4) is 0 Å². The minimum absolute atomic E-state index is 0.0275. The van der Waals surface area contributed by atoms with E-state index in [2.05, 4.69) is 31.9 Å². The normalized spacial score (nSPS) is 23.4. The van der Waals surface area contributed by atoms with Crippen molar-refractivity contribution in [3.63, 3.8) is 0 Å². The second-order valence-corrected chi connectivity index (χ2v) is 24.1. The molecule has 1 fully saturated rings. The first-order chi connectivity index (χ1) is 40.8. The maximum absolute atomic E-state index is 15.5. The zero-order valence-corrected chi connectivity index (χ0v) is 50.3. The van der Waals surface area contributed by atoms with Crippen molar-refractivity contribution in [2.45, 2.75) is 167 Å². The van der Waals surface area contributed by atoms with Gasteiger partial charge < -0.3 is 53.2 Å². The van der Waals surface area contributed by atoms with Crippen LogP contribution in [0.2, 0.25) is 0 Å². The van der Waals surface area contributed by atoms with Crippen LogP contribution in [0.5, 0.6) is 0 Å². The maximum atomic E-state index is 15.5. The number of rotatable bonds is 18. The number of nitrogens with one attached hydrogen (secondary N) is 6. The Morgan fingerprint density at radius 3 is 1.66 bits per heavy atom. The van der Waals surface area contributed by atoms with Crippen LogP contribution in [-0.4, -0.2) is 126 Å². The summed E-state index contributed by atoms with van der Waals surface area (Å²) in [6, 6.07) is 25.3. The average molecular weight is 1160 g/mol. The third-order valence-corrected chi connectivity index (χ3v) is 16.0. The van der Waals surface area contributed by atoms with Crippen LogP contribution >= 0.6 is 0 Å². The largest absolute Gasteiger partial charge is 0.348 e. The van der Waals surface area contributed by atoms with E-state index in [9.17, 15) is 33.6 Å². The second kappa shape index (κ2) is 31.4. The molecule has 4 aromatic rings. The number of carbonyl (C=O) groups excluding carboxylic acids is 8. The highest BCUT2D eigenvalue weighted by molar-refractivity contribution is 6.21. The van der Waals surface area contributed by atoms with Gasteiger partial charge in [0, 0.05) is 30.5 Å². The smallest absolute Gasteiger partial charge is 0.252 e. The van der Waals surface area contributed by atoms with Crippen molar-refractivity contribution >= 4 is 58.7 Å². The number of carbonyl (C=O) groups is 8. The average Bonchev–Trinajstić information content (AvgIpc) is 2.24. The summed E-state index contributed by atoms with van der Waals surface area (Å²) in [4.78, 5) is 127. The minimum atomic E-state index is -1.19. The Labute approximate surface area is 501 Å². The van der Waals surface area contributed by atoms with Gasteiger partial charge >= 0.3 is 0 Å². The van der Waals surface area contributed by atoms with Gasteiger partial charge in [0.1, 0.15) is 48.8 Å². The van der Waals surface area contributed by atoms with Crippen molar-refractivity contribution in [2.75, 3.05) is 31.1 Å². The Morgan fingerprint density at radius 1 is 0.541 bits per heavy atom. The van der Waals surface area contributed by atoms with E-state index in [-0.39, 0.29) is 50.5 Å². The predicted octanol–water partition coefficient (Wildman–Crippen LogP) is 5.32. The van der Waals surface area contributed by atoms with E-state index in [0.29, 0.717) is 80.6 Å². The third-order valence-electron chi connectivity index (χ3n) is 16.0. The van der Waals surface area contributed by atoms with Gasteiger partial charge in [0.25, 0.3) is 5.91 Å². The van der Waals surface area contributed by atoms with E-state index in [1.54, 1.807) is 13.8 Å². The molecular formula is C66H89N11O8. The molecule has 85 heavy (non-hydrogen) atoms. The molecule has 7 rings (SSSR count). The molecule has 0 unspecified atom stereocenters. The molecule has 3 heterocycles. The number of anilines is 1. The molecule has 0 spiro atoms. The zero-order valence-electron chi connectivity index (χ0n) is 50.3. The summed E-state index contributed by atoms with van der Waals surface area (Å²) in [6.45, 7) is 11.8. The summed E-state index contributed by atoms with van der Waals surface area (Å²) >= 11 is 0. The van der Waals surface area contributed by atoms with Crippen molar-refractivity contribution < 1.29 is 38.4 Å². The van der Waals surface area contributed by atoms with Crippen molar-refractivity contribution in [3.05, 3.63) is 137 Å². The highest BCUT2D eigenvalue weighted by Crippen LogP contribution is 2.34. The molecule has 0 radical (unpaired) electrons. The molecule has 10 N–H and O–H groups in total. The lowest BCUT2D eigenvalue weighted by molar-refractivity contribution is -0.143. The Hall–Kier alpha value is -7.77. The fourth-order valence-corrected chi connectivity index (χ4v) is 11.5. The van der Waals surface area contributed by atoms with E-state index < -0.39 is 108 Å². The van der Waals surface area contributed by atoms with Crippen molar-refractivity contribution in [1.29, 1.82) is 0 Å². The quantitative estimate of drug-likeness (QED) is 0.0594. The molecule has 3 aliphatic heterocycles. The number of aliphatic imine (C=N–C) groups is 1. The van der Waals surface area contributed by atoms with Gasteiger partial charge in [0.2, 0.25) is 41.4 Å². The molecule has 8 amide bonds. The first-order valence-electron chi connectivity index (χ1n) is 30.5. The summed E-state index contributed by atoms with van der Waals surface area (Å²) in [6.07, 6.45) is 4.04. The van der Waals surface area contributed by atoms with Gasteiger partial charge in [-0.2, -0.15) is 0 Å². The number of amides is 8. The van der Waals surface area contributed by atoms with Crippen LogP contribution in [0, 0.1) is 17.8 Å². The number of nitrogens with two attached hydrogens (primary N) is 2. The number of benzene rings is 4. The van der Waals surface area contributed by atoms with E-state index in [1.165, 1.54) is 9.80 Å². The highest BCUT2D eigenvalue weighted by atomic mass is 16.2. The number of hydrogen-bond donors (Lipinski definition) is 8. The molecule has 2 bridgehead atoms. The third kappa shape index (κ3) is 17.9. The summed E-state index contributed by atoms with van der Waals surface area (Å²) in [5.41, 5.74) is 16.2. The topological polar surface area (TPSA) is 280 Å². The summed E-state index contributed by atoms with van der Waals surface area (Å²) < 4.78 is 0. The summed E-state index contributed by atoms with van der Waals surface area (Å²) in [5, 5.41) is 18.0. The highest BCUT2D eigenvalue weighted by Gasteiger charge is 2.42. The lowest BCUT2D eigenvalue weighted by Crippen LogP contribution is -2.60. The molecule has 4 aromatic carbocycles. The Balaban J connectivity index is 1.37. The molecular weight excluding hydrogens is 1070 g/mol. The van der Waals surface area contributed by atoms with Crippen LogP contribution in [0.1, 0.15) is 140 Å². The Kier molecular flexibility index (Phi) is 23.9. The number of hydrogen-bond acceptors (Lipinski definition) is 11. The molecule has 8 atom stereocenters. The van der Waals surface area contributed by atoms with Gasteiger partial charge in [-0.1, -0.05) is 145 Å². The Bertz CT molecular complexity index is 2960. The van der Waals surface area contributed by atoms with Gasteiger partial charge in [0.15, 0.2) is 0 Å². The van der Waals surface area contributed by atoms with Crippen molar-refractivity contribution in [1.82, 2.24) is 36.8 Å². The zero-order chi connectivity index (χ0) is 61.2. The van der Waals surface area contributed by atoms with Crippen LogP contribution in [-0.2, 0) is 51.2 Å². The van der Waals surface area contributed by atoms with Gasteiger partial charge in [-0.15, -0.1) is 0 Å². The van der Waals surface area contributed by atoms with Crippen molar-refractivity contribution in [2.24, 2.45) is 34.2 Å². The molecule has 3 aliphatic rings. The van der Waals surface area contributed by atoms with Gasteiger partial charge in [-0.25, -0.2) is 0 Å². The fraction of sp³-hybridized carbons (Fsp3) is 0.500. The second-order valence-electron chi connectivity index (χ2n) is 24.1. The molecule has 0 saturated carbocycles. The monoisotopic (exact) mass is 1160 g/mol.